The monoisotopic (exact) mass is 313 g/mol. The second-order valence-electron chi connectivity index (χ2n) is 4.91. The van der Waals surface area contributed by atoms with E-state index in [1.807, 2.05) is 18.5 Å². The maximum Gasteiger partial charge on any atom is 0.126 e. The molecule has 1 heterocycles. The molecule has 6 heteroatoms. The summed E-state index contributed by atoms with van der Waals surface area (Å²) >= 11 is 6.28. The zero-order valence-electron chi connectivity index (χ0n) is 12.3. The maximum atomic E-state index is 13.4. The predicted octanol–water partition coefficient (Wildman–Crippen LogP) is 3.65. The number of hydrogen-bond donors (Lipinski definition) is 1. The normalized spacial score (nSPS) is 12.7. The molecule has 1 aromatic heterocycles. The Morgan fingerprint density at radius 1 is 1.29 bits per heavy atom. The van der Waals surface area contributed by atoms with Crippen molar-refractivity contribution in [3.05, 3.63) is 51.8 Å². The predicted molar refractivity (Wildman–Crippen MR) is 79.5 cm³/mol. The average Bonchev–Trinajstić information content (AvgIpc) is 2.70. The Morgan fingerprint density at radius 2 is 1.90 bits per heavy atom. The van der Waals surface area contributed by atoms with Crippen molar-refractivity contribution in [3.63, 3.8) is 0 Å². The third kappa shape index (κ3) is 3.41. The zero-order valence-corrected chi connectivity index (χ0v) is 13.0. The summed E-state index contributed by atoms with van der Waals surface area (Å²) < 4.78 is 28.6. The minimum absolute atomic E-state index is 0.242. The van der Waals surface area contributed by atoms with Crippen molar-refractivity contribution in [2.75, 3.05) is 7.05 Å². The Morgan fingerprint density at radius 3 is 2.43 bits per heavy atom. The largest absolute Gasteiger partial charge is 0.313 e. The third-order valence-electron chi connectivity index (χ3n) is 3.49. The van der Waals surface area contributed by atoms with E-state index in [-0.39, 0.29) is 6.04 Å². The van der Waals surface area contributed by atoms with Crippen LogP contribution >= 0.6 is 11.6 Å². The molecule has 0 radical (unpaired) electrons. The van der Waals surface area contributed by atoms with Gasteiger partial charge in [0.15, 0.2) is 0 Å². The molecule has 2 aromatic rings. The van der Waals surface area contributed by atoms with Gasteiger partial charge in [-0.3, -0.25) is 4.68 Å². The van der Waals surface area contributed by atoms with Crippen LogP contribution in [0, 0.1) is 18.6 Å². The first-order valence-corrected chi connectivity index (χ1v) is 7.19. The molecule has 1 aromatic carbocycles. The summed E-state index contributed by atoms with van der Waals surface area (Å²) in [6, 6.07) is 3.29. The lowest BCUT2D eigenvalue weighted by molar-refractivity contribution is 0.527. The number of rotatable bonds is 5. The number of aromatic nitrogens is 2. The molecule has 3 nitrogen and oxygen atoms in total. The molecule has 0 aliphatic rings. The van der Waals surface area contributed by atoms with Crippen LogP contribution < -0.4 is 5.32 Å². The Balaban J connectivity index is 2.35. The van der Waals surface area contributed by atoms with Crippen molar-refractivity contribution in [2.24, 2.45) is 0 Å². The van der Waals surface area contributed by atoms with Crippen molar-refractivity contribution < 1.29 is 8.78 Å². The SMILES string of the molecule is CCn1nc(C)c(Cl)c1CC(NC)c1cc(F)cc(F)c1. The first-order chi connectivity index (χ1) is 9.96. The Kier molecular flexibility index (Phi) is 4.96. The van der Waals surface area contributed by atoms with Gasteiger partial charge in [0.2, 0.25) is 0 Å². The number of nitrogens with zero attached hydrogens (tertiary/aromatic N) is 2. The average molecular weight is 314 g/mol. The minimum atomic E-state index is -0.587. The van der Waals surface area contributed by atoms with E-state index in [9.17, 15) is 8.78 Å². The van der Waals surface area contributed by atoms with E-state index in [1.54, 1.807) is 7.05 Å². The van der Waals surface area contributed by atoms with Gasteiger partial charge in [0.25, 0.3) is 0 Å². The van der Waals surface area contributed by atoms with Gasteiger partial charge in [-0.05, 0) is 38.6 Å². The molecular weight excluding hydrogens is 296 g/mol. The molecule has 0 bridgehead atoms. The van der Waals surface area contributed by atoms with E-state index in [4.69, 9.17) is 11.6 Å². The van der Waals surface area contributed by atoms with Gasteiger partial charge in [-0.1, -0.05) is 11.6 Å². The number of benzene rings is 1. The number of likely N-dealkylation sites (N-methyl/N-ethyl adjacent to an activating group) is 1. The van der Waals surface area contributed by atoms with E-state index in [1.165, 1.54) is 12.1 Å². The fourth-order valence-electron chi connectivity index (χ4n) is 2.42. The quantitative estimate of drug-likeness (QED) is 0.913. The van der Waals surface area contributed by atoms with Gasteiger partial charge in [-0.25, -0.2) is 8.78 Å². The van der Waals surface area contributed by atoms with Crippen LogP contribution in [0.15, 0.2) is 18.2 Å². The van der Waals surface area contributed by atoms with Crippen LogP contribution in [0.1, 0.15) is 29.9 Å². The number of hydrogen-bond acceptors (Lipinski definition) is 2. The lowest BCUT2D eigenvalue weighted by atomic mass is 10.0. The maximum absolute atomic E-state index is 13.4. The molecule has 0 saturated heterocycles. The van der Waals surface area contributed by atoms with Crippen LogP contribution in [0.4, 0.5) is 8.78 Å². The lowest BCUT2D eigenvalue weighted by Gasteiger charge is -2.18. The van der Waals surface area contributed by atoms with Crippen LogP contribution in [0.2, 0.25) is 5.02 Å². The molecule has 114 valence electrons. The highest BCUT2D eigenvalue weighted by Gasteiger charge is 2.19. The Bertz CT molecular complexity index is 620. The summed E-state index contributed by atoms with van der Waals surface area (Å²) in [7, 11) is 1.75. The highest BCUT2D eigenvalue weighted by molar-refractivity contribution is 6.31. The molecule has 0 saturated carbocycles. The van der Waals surface area contributed by atoms with Crippen molar-refractivity contribution in [1.82, 2.24) is 15.1 Å². The van der Waals surface area contributed by atoms with Gasteiger partial charge in [0, 0.05) is 25.1 Å². The summed E-state index contributed by atoms with van der Waals surface area (Å²) in [5.41, 5.74) is 2.17. The summed E-state index contributed by atoms with van der Waals surface area (Å²) in [6.45, 7) is 4.51. The molecule has 1 unspecified atom stereocenters. The van der Waals surface area contributed by atoms with Crippen LogP contribution in [0.5, 0.6) is 0 Å². The molecule has 0 aliphatic carbocycles. The lowest BCUT2D eigenvalue weighted by Crippen LogP contribution is -2.21. The molecule has 2 rings (SSSR count). The van der Waals surface area contributed by atoms with Gasteiger partial charge in [-0.15, -0.1) is 0 Å². The molecule has 0 amide bonds. The second kappa shape index (κ2) is 6.54. The molecular formula is C15H18ClF2N3. The molecule has 0 spiro atoms. The van der Waals surface area contributed by atoms with E-state index >= 15 is 0 Å². The summed E-state index contributed by atoms with van der Waals surface area (Å²) in [5, 5.41) is 8.04. The fraction of sp³-hybridized carbons (Fsp3) is 0.400. The molecule has 1 atom stereocenters. The highest BCUT2D eigenvalue weighted by atomic mass is 35.5. The van der Waals surface area contributed by atoms with Crippen molar-refractivity contribution in [1.29, 1.82) is 0 Å². The first kappa shape index (κ1) is 15.9. The van der Waals surface area contributed by atoms with E-state index < -0.39 is 11.6 Å². The Hall–Kier alpha value is -1.46. The number of aryl methyl sites for hydroxylation is 2. The van der Waals surface area contributed by atoms with Gasteiger partial charge in [0.1, 0.15) is 11.6 Å². The smallest absolute Gasteiger partial charge is 0.126 e. The first-order valence-electron chi connectivity index (χ1n) is 6.81. The number of halogens is 3. The van der Waals surface area contributed by atoms with Gasteiger partial charge < -0.3 is 5.32 Å². The summed E-state index contributed by atoms with van der Waals surface area (Å²) in [4.78, 5) is 0. The van der Waals surface area contributed by atoms with Crippen LogP contribution in [-0.4, -0.2) is 16.8 Å². The van der Waals surface area contributed by atoms with Crippen molar-refractivity contribution in [3.8, 4) is 0 Å². The fourth-order valence-corrected chi connectivity index (χ4v) is 2.63. The van der Waals surface area contributed by atoms with E-state index in [2.05, 4.69) is 10.4 Å². The molecule has 21 heavy (non-hydrogen) atoms. The molecule has 0 aliphatic heterocycles. The van der Waals surface area contributed by atoms with Crippen LogP contribution in [0.3, 0.4) is 0 Å². The highest BCUT2D eigenvalue weighted by Crippen LogP contribution is 2.26. The zero-order chi connectivity index (χ0) is 15.6. The standard InChI is InChI=1S/C15H18ClF2N3/c1-4-21-14(15(16)9(2)20-21)8-13(19-3)10-5-11(17)7-12(18)6-10/h5-7,13,19H,4,8H2,1-3H3. The van der Waals surface area contributed by atoms with Gasteiger partial charge in [0.05, 0.1) is 16.4 Å². The topological polar surface area (TPSA) is 29.9 Å². The second-order valence-corrected chi connectivity index (χ2v) is 5.29. The van der Waals surface area contributed by atoms with Crippen LogP contribution in [0.25, 0.3) is 0 Å². The summed E-state index contributed by atoms with van der Waals surface area (Å²) in [5.74, 6) is -1.17. The van der Waals surface area contributed by atoms with E-state index in [0.29, 0.717) is 23.6 Å². The van der Waals surface area contributed by atoms with Crippen LogP contribution in [-0.2, 0) is 13.0 Å². The van der Waals surface area contributed by atoms with Gasteiger partial charge in [-0.2, -0.15) is 5.10 Å². The number of nitrogens with one attached hydrogen (secondary N) is 1. The molecule has 0 fully saturated rings. The van der Waals surface area contributed by atoms with Crippen molar-refractivity contribution in [2.45, 2.75) is 32.9 Å². The Labute approximate surface area is 127 Å². The van der Waals surface area contributed by atoms with Crippen molar-refractivity contribution >= 4 is 11.6 Å². The molecule has 1 N–H and O–H groups in total. The third-order valence-corrected chi connectivity index (χ3v) is 3.98. The van der Waals surface area contributed by atoms with E-state index in [0.717, 1.165) is 17.5 Å². The minimum Gasteiger partial charge on any atom is -0.313 e. The van der Waals surface area contributed by atoms with Gasteiger partial charge >= 0.3 is 0 Å². The summed E-state index contributed by atoms with van der Waals surface area (Å²) in [6.07, 6.45) is 0.507.